The number of allylic oxidation sites excluding steroid dienone is 9. The van der Waals surface area contributed by atoms with Gasteiger partial charge in [-0.15, -0.1) is 0 Å². The van der Waals surface area contributed by atoms with Gasteiger partial charge in [-0.25, -0.2) is 0 Å². The van der Waals surface area contributed by atoms with E-state index >= 15 is 0 Å². The van der Waals surface area contributed by atoms with Crippen molar-refractivity contribution < 1.29 is 0 Å². The minimum atomic E-state index is 0.141. The zero-order valence-electron chi connectivity index (χ0n) is 31.1. The fraction of sp³-hybridized carbons (Fsp3) is 0.137. The molecule has 0 N–H and O–H groups in total. The third-order valence-electron chi connectivity index (χ3n) is 9.92. The summed E-state index contributed by atoms with van der Waals surface area (Å²) in [4.78, 5) is 0. The maximum atomic E-state index is 4.54. The topological polar surface area (TPSA) is 0 Å². The highest BCUT2D eigenvalue weighted by Crippen LogP contribution is 2.40. The van der Waals surface area contributed by atoms with E-state index in [2.05, 4.69) is 206 Å². The zero-order valence-corrected chi connectivity index (χ0v) is 31.1. The van der Waals surface area contributed by atoms with Gasteiger partial charge in [0, 0.05) is 5.92 Å². The summed E-state index contributed by atoms with van der Waals surface area (Å²) in [5.41, 5.74) is 15.7. The molecule has 0 aliphatic heterocycles. The lowest BCUT2D eigenvalue weighted by Crippen LogP contribution is -2.26. The number of hydrogen-bond donors (Lipinski definition) is 0. The van der Waals surface area contributed by atoms with Crippen LogP contribution in [0, 0.1) is 13.8 Å². The fourth-order valence-electron chi connectivity index (χ4n) is 6.95. The van der Waals surface area contributed by atoms with E-state index in [0.717, 1.165) is 21.9 Å². The zero-order chi connectivity index (χ0) is 36.3. The van der Waals surface area contributed by atoms with Gasteiger partial charge in [0.2, 0.25) is 0 Å². The summed E-state index contributed by atoms with van der Waals surface area (Å²) in [5, 5.41) is 2.33. The van der Waals surface area contributed by atoms with E-state index in [1.54, 1.807) is 0 Å². The third kappa shape index (κ3) is 8.36. The van der Waals surface area contributed by atoms with Crippen molar-refractivity contribution in [1.29, 1.82) is 0 Å². The van der Waals surface area contributed by atoms with Crippen LogP contribution < -0.4 is 10.4 Å². The van der Waals surface area contributed by atoms with E-state index in [4.69, 9.17) is 0 Å². The van der Waals surface area contributed by atoms with Crippen LogP contribution in [0.3, 0.4) is 0 Å². The second-order valence-electron chi connectivity index (χ2n) is 13.0. The van der Waals surface area contributed by atoms with Gasteiger partial charge in [-0.3, -0.25) is 0 Å². The molecule has 0 spiro atoms. The molecule has 1 atom stereocenters. The Morgan fingerprint density at radius 3 is 1.92 bits per heavy atom. The van der Waals surface area contributed by atoms with Gasteiger partial charge in [0.05, 0.1) is 0 Å². The first-order valence-electron chi connectivity index (χ1n) is 17.9. The largest absolute Gasteiger partial charge is 0.0990 e. The van der Waals surface area contributed by atoms with Crippen LogP contribution in [0.1, 0.15) is 78.1 Å². The quantitative estimate of drug-likeness (QED) is 0.124. The van der Waals surface area contributed by atoms with Gasteiger partial charge in [-0.05, 0) is 124 Å². The van der Waals surface area contributed by atoms with Gasteiger partial charge >= 0.3 is 0 Å². The second kappa shape index (κ2) is 17.3. The molecule has 0 saturated heterocycles. The molecule has 0 aliphatic rings. The minimum absolute atomic E-state index is 0.141. The van der Waals surface area contributed by atoms with Gasteiger partial charge in [0.15, 0.2) is 0 Å². The Kier molecular flexibility index (Phi) is 12.4. The summed E-state index contributed by atoms with van der Waals surface area (Å²) in [6.45, 7) is 21.9. The lowest BCUT2D eigenvalue weighted by molar-refractivity contribution is 0.981. The number of hydrogen-bond acceptors (Lipinski definition) is 0. The van der Waals surface area contributed by atoms with Crippen molar-refractivity contribution in [3.05, 3.63) is 220 Å². The van der Waals surface area contributed by atoms with Crippen molar-refractivity contribution in [2.24, 2.45) is 0 Å². The average molecular weight is 663 g/mol. The summed E-state index contributed by atoms with van der Waals surface area (Å²) in [7, 11) is 0. The normalized spacial score (nSPS) is 14.1. The number of rotatable bonds is 11. The Morgan fingerprint density at radius 1 is 0.667 bits per heavy atom. The van der Waals surface area contributed by atoms with E-state index in [-0.39, 0.29) is 5.92 Å². The van der Waals surface area contributed by atoms with E-state index in [1.807, 2.05) is 12.1 Å². The van der Waals surface area contributed by atoms with Gasteiger partial charge in [-0.2, -0.15) is 0 Å². The molecule has 0 heterocycles. The molecule has 5 rings (SSSR count). The van der Waals surface area contributed by atoms with Crippen molar-refractivity contribution in [2.75, 3.05) is 0 Å². The first-order valence-corrected chi connectivity index (χ1v) is 17.9. The first-order chi connectivity index (χ1) is 24.8. The Hall–Kier alpha value is -5.72. The van der Waals surface area contributed by atoms with Crippen LogP contribution in [-0.2, 0) is 0 Å². The van der Waals surface area contributed by atoms with Crippen LogP contribution in [0.25, 0.3) is 40.0 Å². The van der Waals surface area contributed by atoms with E-state index < -0.39 is 0 Å². The predicted molar refractivity (Wildman–Crippen MR) is 226 cm³/mol. The highest BCUT2D eigenvalue weighted by Gasteiger charge is 2.21. The molecule has 0 bridgehead atoms. The van der Waals surface area contributed by atoms with Crippen LogP contribution in [0.2, 0.25) is 0 Å². The first kappa shape index (κ1) is 36.6. The molecule has 0 aliphatic carbocycles. The van der Waals surface area contributed by atoms with E-state index in [0.29, 0.717) is 0 Å². The second-order valence-corrected chi connectivity index (χ2v) is 13.0. The Labute approximate surface area is 306 Å². The SMILES string of the molecule is C=C/C=c1/cccc/c1=C(C)\C(=C\C(=C)c1ccccc1)c1ccc(/C(=C\C(=C/C)c2ccccc2)C(C)c2ccccc2/C=C\C)c(C)c1C. The van der Waals surface area contributed by atoms with Crippen molar-refractivity contribution in [3.63, 3.8) is 0 Å². The van der Waals surface area contributed by atoms with Crippen molar-refractivity contribution >= 4 is 40.0 Å². The molecule has 0 nitrogen and oxygen atoms in total. The molecular formula is C51H50. The maximum absolute atomic E-state index is 4.54. The Bertz CT molecular complexity index is 2270. The molecule has 5 aromatic carbocycles. The Balaban J connectivity index is 1.77. The monoisotopic (exact) mass is 662 g/mol. The summed E-state index contributed by atoms with van der Waals surface area (Å²) < 4.78 is 0. The molecule has 0 saturated carbocycles. The summed E-state index contributed by atoms with van der Waals surface area (Å²) in [5.74, 6) is 0.141. The third-order valence-corrected chi connectivity index (χ3v) is 9.92. The molecule has 0 amide bonds. The molecule has 254 valence electrons. The molecule has 1 unspecified atom stereocenters. The van der Waals surface area contributed by atoms with Gasteiger partial charge in [-0.1, -0.05) is 178 Å². The smallest absolute Gasteiger partial charge is 0.00731 e. The Morgan fingerprint density at radius 2 is 1.25 bits per heavy atom. The van der Waals surface area contributed by atoms with Gasteiger partial charge < -0.3 is 0 Å². The van der Waals surface area contributed by atoms with E-state index in [9.17, 15) is 0 Å². The van der Waals surface area contributed by atoms with Crippen LogP contribution >= 0.6 is 0 Å². The average Bonchev–Trinajstić information content (AvgIpc) is 3.17. The maximum Gasteiger partial charge on any atom is 0.00731 e. The van der Waals surface area contributed by atoms with Crippen molar-refractivity contribution in [3.8, 4) is 0 Å². The fourth-order valence-corrected chi connectivity index (χ4v) is 6.95. The summed E-state index contributed by atoms with van der Waals surface area (Å²) >= 11 is 0. The number of benzene rings is 5. The van der Waals surface area contributed by atoms with Crippen molar-refractivity contribution in [2.45, 2.75) is 47.5 Å². The standard InChI is InChI=1S/C51H50/c1-9-22-44-28-18-20-30-46(44)39(7)50(34-36(4)42-24-14-12-15-25-42)48-32-33-49(38(6)37(48)5)51(35-41(11-3)43-26-16-13-17-27-43)40(8)47-31-21-19-29-45(47)23-10-2/h9-35,40H,1,4H2,2-3,5-8H3/b23-10-,41-11+,44-22-,46-39+,50-34-,51-35-. The van der Waals surface area contributed by atoms with Gasteiger partial charge in [0.1, 0.15) is 0 Å². The molecule has 5 aromatic rings. The molecule has 51 heavy (non-hydrogen) atoms. The minimum Gasteiger partial charge on any atom is -0.0990 e. The lowest BCUT2D eigenvalue weighted by Gasteiger charge is -2.24. The molecular weight excluding hydrogens is 613 g/mol. The lowest BCUT2D eigenvalue weighted by atomic mass is 9.80. The van der Waals surface area contributed by atoms with Crippen LogP contribution in [-0.4, -0.2) is 0 Å². The highest BCUT2D eigenvalue weighted by atomic mass is 14.2. The molecule has 0 heteroatoms. The van der Waals surface area contributed by atoms with Gasteiger partial charge in [0.25, 0.3) is 0 Å². The summed E-state index contributed by atoms with van der Waals surface area (Å²) in [6.07, 6.45) is 15.2. The van der Waals surface area contributed by atoms with Crippen LogP contribution in [0.15, 0.2) is 165 Å². The molecule has 0 aromatic heterocycles. The van der Waals surface area contributed by atoms with Crippen molar-refractivity contribution in [1.82, 2.24) is 0 Å². The molecule has 0 radical (unpaired) electrons. The molecule has 0 fully saturated rings. The van der Waals surface area contributed by atoms with Crippen LogP contribution in [0.5, 0.6) is 0 Å². The van der Waals surface area contributed by atoms with Crippen LogP contribution in [0.4, 0.5) is 0 Å². The summed E-state index contributed by atoms with van der Waals surface area (Å²) in [6, 6.07) is 43.1. The highest BCUT2D eigenvalue weighted by molar-refractivity contribution is 6.03. The predicted octanol–water partition coefficient (Wildman–Crippen LogP) is 12.6. The van der Waals surface area contributed by atoms with E-state index in [1.165, 1.54) is 60.9 Å².